The Balaban J connectivity index is 1.26. The fourth-order valence-corrected chi connectivity index (χ4v) is 5.78. The summed E-state index contributed by atoms with van der Waals surface area (Å²) in [5.74, 6) is 0. The Kier molecular flexibility index (Phi) is 3.76. The molecule has 2 aliphatic rings. The van der Waals surface area contributed by atoms with Crippen molar-refractivity contribution in [3.63, 3.8) is 0 Å². The van der Waals surface area contributed by atoms with E-state index in [2.05, 4.69) is 32.3 Å². The summed E-state index contributed by atoms with van der Waals surface area (Å²) < 4.78 is 1.24. The molecular weight excluding hydrogens is 336 g/mol. The van der Waals surface area contributed by atoms with Crippen molar-refractivity contribution in [1.82, 2.24) is 14.9 Å². The molecule has 4 nitrogen and oxygen atoms in total. The van der Waals surface area contributed by atoms with Gasteiger partial charge >= 0.3 is 0 Å². The Hall–Kier alpha value is -1.50. The molecular formula is C18H20N4S2. The molecule has 0 radical (unpaired) electrons. The quantitative estimate of drug-likeness (QED) is 0.699. The summed E-state index contributed by atoms with van der Waals surface area (Å²) in [6.45, 7) is 4.61. The topological polar surface area (TPSA) is 32.3 Å². The van der Waals surface area contributed by atoms with Crippen LogP contribution in [0.25, 0.3) is 10.2 Å². The maximum absolute atomic E-state index is 4.77. The van der Waals surface area contributed by atoms with Gasteiger partial charge in [0.1, 0.15) is 5.52 Å². The number of anilines is 1. The van der Waals surface area contributed by atoms with Crippen LogP contribution in [0, 0.1) is 0 Å². The molecule has 0 saturated carbocycles. The van der Waals surface area contributed by atoms with Crippen LogP contribution >= 0.6 is 22.7 Å². The highest BCUT2D eigenvalue weighted by Gasteiger charge is 2.28. The minimum absolute atomic E-state index is 0.727. The molecule has 5 heterocycles. The van der Waals surface area contributed by atoms with Gasteiger partial charge in [-0.15, -0.1) is 11.3 Å². The molecule has 0 N–H and O–H groups in total. The molecule has 3 aromatic heterocycles. The number of pyridine rings is 1. The van der Waals surface area contributed by atoms with E-state index in [0.717, 1.165) is 36.3 Å². The van der Waals surface area contributed by atoms with Gasteiger partial charge in [-0.3, -0.25) is 9.88 Å². The maximum atomic E-state index is 4.77. The third-order valence-electron chi connectivity index (χ3n) is 5.27. The highest BCUT2D eigenvalue weighted by Crippen LogP contribution is 2.32. The highest BCUT2D eigenvalue weighted by atomic mass is 32.1. The van der Waals surface area contributed by atoms with Crippen molar-refractivity contribution in [2.24, 2.45) is 0 Å². The van der Waals surface area contributed by atoms with E-state index in [1.807, 2.05) is 23.7 Å². The average Bonchev–Trinajstić information content (AvgIpc) is 3.27. The largest absolute Gasteiger partial charge is 0.348 e. The third-order valence-corrected chi connectivity index (χ3v) is 7.39. The SMILES string of the molecule is c1cc2sc(N3CCC(N4CCc5sccc5C4)CC3)nc2cn1. The number of thiophene rings is 1. The van der Waals surface area contributed by atoms with Crippen LogP contribution in [0.1, 0.15) is 23.3 Å². The first-order valence-electron chi connectivity index (χ1n) is 8.61. The van der Waals surface area contributed by atoms with Crippen molar-refractivity contribution >= 4 is 38.0 Å². The van der Waals surface area contributed by atoms with Crippen LogP contribution in [0.15, 0.2) is 29.9 Å². The number of fused-ring (bicyclic) bond motifs is 2. The molecule has 6 heteroatoms. The molecule has 0 unspecified atom stereocenters. The van der Waals surface area contributed by atoms with Crippen molar-refractivity contribution in [2.45, 2.75) is 31.8 Å². The molecule has 1 saturated heterocycles. The molecule has 3 aromatic rings. The van der Waals surface area contributed by atoms with Crippen molar-refractivity contribution in [3.05, 3.63) is 40.3 Å². The van der Waals surface area contributed by atoms with Crippen LogP contribution in [0.2, 0.25) is 0 Å². The van der Waals surface area contributed by atoms with Gasteiger partial charge in [-0.25, -0.2) is 4.98 Å². The molecule has 0 atom stereocenters. The van der Waals surface area contributed by atoms with E-state index in [9.17, 15) is 0 Å². The van der Waals surface area contributed by atoms with Crippen molar-refractivity contribution < 1.29 is 0 Å². The van der Waals surface area contributed by atoms with Crippen molar-refractivity contribution in [2.75, 3.05) is 24.5 Å². The monoisotopic (exact) mass is 356 g/mol. The van der Waals surface area contributed by atoms with E-state index < -0.39 is 0 Å². The zero-order chi connectivity index (χ0) is 15.9. The molecule has 0 spiro atoms. The summed E-state index contributed by atoms with van der Waals surface area (Å²) in [5, 5.41) is 3.41. The van der Waals surface area contributed by atoms with Gasteiger partial charge in [0.15, 0.2) is 5.13 Å². The summed E-state index contributed by atoms with van der Waals surface area (Å²) in [6, 6.07) is 5.11. The van der Waals surface area contributed by atoms with E-state index in [-0.39, 0.29) is 0 Å². The molecule has 5 rings (SSSR count). The Morgan fingerprint density at radius 3 is 2.92 bits per heavy atom. The van der Waals surface area contributed by atoms with E-state index >= 15 is 0 Å². The Bertz CT molecular complexity index is 814. The Morgan fingerprint density at radius 1 is 1.12 bits per heavy atom. The zero-order valence-electron chi connectivity index (χ0n) is 13.5. The van der Waals surface area contributed by atoms with Crippen LogP contribution in [-0.4, -0.2) is 40.5 Å². The zero-order valence-corrected chi connectivity index (χ0v) is 15.2. The van der Waals surface area contributed by atoms with Gasteiger partial charge in [-0.05, 0) is 42.3 Å². The minimum atomic E-state index is 0.727. The molecule has 0 aromatic carbocycles. The molecule has 124 valence electrons. The normalized spacial score (nSPS) is 19.8. The van der Waals surface area contributed by atoms with Crippen LogP contribution in [-0.2, 0) is 13.0 Å². The number of piperidine rings is 1. The number of rotatable bonds is 2. The number of thiazole rings is 1. The molecule has 0 aliphatic carbocycles. The van der Waals surface area contributed by atoms with Crippen LogP contribution in [0.5, 0.6) is 0 Å². The molecule has 24 heavy (non-hydrogen) atoms. The highest BCUT2D eigenvalue weighted by molar-refractivity contribution is 7.22. The van der Waals surface area contributed by atoms with E-state index in [4.69, 9.17) is 4.98 Å². The van der Waals surface area contributed by atoms with Gasteiger partial charge in [0.05, 0.1) is 10.9 Å². The second-order valence-corrected chi connectivity index (χ2v) is 8.66. The predicted molar refractivity (Wildman–Crippen MR) is 101 cm³/mol. The first-order valence-corrected chi connectivity index (χ1v) is 10.3. The van der Waals surface area contributed by atoms with Crippen LogP contribution in [0.4, 0.5) is 5.13 Å². The number of hydrogen-bond acceptors (Lipinski definition) is 6. The maximum Gasteiger partial charge on any atom is 0.186 e. The minimum Gasteiger partial charge on any atom is -0.348 e. The van der Waals surface area contributed by atoms with Crippen molar-refractivity contribution in [1.29, 1.82) is 0 Å². The van der Waals surface area contributed by atoms with Gasteiger partial charge in [-0.1, -0.05) is 11.3 Å². The Labute approximate surface area is 149 Å². The van der Waals surface area contributed by atoms with E-state index in [1.54, 1.807) is 21.8 Å². The number of nitrogens with zero attached hydrogens (tertiary/aromatic N) is 4. The second-order valence-electron chi connectivity index (χ2n) is 6.65. The molecule has 0 amide bonds. The lowest BCUT2D eigenvalue weighted by atomic mass is 10.00. The summed E-state index contributed by atoms with van der Waals surface area (Å²) in [5.41, 5.74) is 2.59. The van der Waals surface area contributed by atoms with Gasteiger partial charge in [0.2, 0.25) is 0 Å². The van der Waals surface area contributed by atoms with E-state index in [0.29, 0.717) is 0 Å². The fraction of sp³-hybridized carbons (Fsp3) is 0.444. The molecule has 2 aliphatic heterocycles. The van der Waals surface area contributed by atoms with Crippen LogP contribution in [0.3, 0.4) is 0 Å². The standard InChI is InChI=1S/C18H20N4S2/c1-6-19-11-15-17(1)24-18(20-15)21-7-2-14(3-8-21)22-9-4-16-13(12-22)5-10-23-16/h1,5-6,10-11,14H,2-4,7-9,12H2. The van der Waals surface area contributed by atoms with Crippen LogP contribution < -0.4 is 4.90 Å². The molecule has 1 fully saturated rings. The summed E-state index contributed by atoms with van der Waals surface area (Å²) >= 11 is 3.72. The summed E-state index contributed by atoms with van der Waals surface area (Å²) in [6.07, 6.45) is 7.44. The van der Waals surface area contributed by atoms with Gasteiger partial charge < -0.3 is 4.90 Å². The lowest BCUT2D eigenvalue weighted by Crippen LogP contribution is -2.46. The fourth-order valence-electron chi connectivity index (χ4n) is 3.91. The number of aromatic nitrogens is 2. The van der Waals surface area contributed by atoms with Crippen molar-refractivity contribution in [3.8, 4) is 0 Å². The van der Waals surface area contributed by atoms with Gasteiger partial charge in [-0.2, -0.15) is 0 Å². The van der Waals surface area contributed by atoms with Gasteiger partial charge in [0, 0.05) is 43.3 Å². The predicted octanol–water partition coefficient (Wildman–Crippen LogP) is 3.78. The summed E-state index contributed by atoms with van der Waals surface area (Å²) in [4.78, 5) is 15.7. The van der Waals surface area contributed by atoms with Gasteiger partial charge in [0.25, 0.3) is 0 Å². The Morgan fingerprint density at radius 2 is 2.04 bits per heavy atom. The van der Waals surface area contributed by atoms with E-state index in [1.165, 1.54) is 30.5 Å². The number of hydrogen-bond donors (Lipinski definition) is 0. The second kappa shape index (κ2) is 6.10. The lowest BCUT2D eigenvalue weighted by Gasteiger charge is -2.40. The molecule has 0 bridgehead atoms. The third kappa shape index (κ3) is 2.62. The average molecular weight is 357 g/mol. The first-order chi connectivity index (χ1) is 11.9. The summed E-state index contributed by atoms with van der Waals surface area (Å²) in [7, 11) is 0. The lowest BCUT2D eigenvalue weighted by molar-refractivity contribution is 0.154. The smallest absolute Gasteiger partial charge is 0.186 e. The first kappa shape index (κ1) is 14.8.